The molecule has 0 aromatic heterocycles. The predicted octanol–water partition coefficient (Wildman–Crippen LogP) is -0.187. The van der Waals surface area contributed by atoms with Crippen LogP contribution in [0.15, 0.2) is 18.0 Å². The molecule has 32 valence electrons. The highest BCUT2D eigenvalue weighted by Crippen LogP contribution is 1.48. The van der Waals surface area contributed by atoms with Gasteiger partial charge in [0.1, 0.15) is 0 Å². The molecule has 0 saturated carbocycles. The summed E-state index contributed by atoms with van der Waals surface area (Å²) in [4.78, 5) is 9.37. The van der Waals surface area contributed by atoms with E-state index in [4.69, 9.17) is 5.73 Å². The van der Waals surface area contributed by atoms with Gasteiger partial charge in [-0.25, -0.2) is 0 Å². The molecule has 2 N–H and O–H groups in total. The SMILES string of the molecule is NC=C=CC=O. The summed E-state index contributed by atoms with van der Waals surface area (Å²) in [5, 5.41) is 0. The first-order valence-corrected chi connectivity index (χ1v) is 1.48. The van der Waals surface area contributed by atoms with E-state index in [0.717, 1.165) is 0 Å². The number of nitrogens with two attached hydrogens (primary N) is 1. The zero-order chi connectivity index (χ0) is 4.83. The molecule has 0 aliphatic rings. The molecule has 0 saturated heterocycles. The molecule has 0 aromatic rings. The maximum atomic E-state index is 9.37. The lowest BCUT2D eigenvalue weighted by atomic mass is 10.7. The van der Waals surface area contributed by atoms with Crippen LogP contribution in [0.5, 0.6) is 0 Å². The van der Waals surface area contributed by atoms with Gasteiger partial charge in [0.25, 0.3) is 0 Å². The third-order valence-corrected chi connectivity index (χ3v) is 0.260. The van der Waals surface area contributed by atoms with Crippen molar-refractivity contribution in [2.75, 3.05) is 0 Å². The number of hydrogen-bond acceptors (Lipinski definition) is 2. The molecule has 0 spiro atoms. The van der Waals surface area contributed by atoms with Crippen molar-refractivity contribution >= 4 is 6.29 Å². The van der Waals surface area contributed by atoms with Crippen LogP contribution in [0.3, 0.4) is 0 Å². The Balaban J connectivity index is 3.46. The first kappa shape index (κ1) is 4.99. The highest BCUT2D eigenvalue weighted by molar-refractivity contribution is 5.64. The Morgan fingerprint density at radius 3 is 2.50 bits per heavy atom. The van der Waals surface area contributed by atoms with Crippen molar-refractivity contribution in [1.29, 1.82) is 0 Å². The Hall–Kier alpha value is -1.01. The predicted molar refractivity (Wildman–Crippen MR) is 22.9 cm³/mol. The second kappa shape index (κ2) is 3.99. The third-order valence-electron chi connectivity index (χ3n) is 0.260. The fraction of sp³-hybridized carbons (Fsp3) is 0. The van der Waals surface area contributed by atoms with Crippen LogP contribution in [0.2, 0.25) is 0 Å². The summed E-state index contributed by atoms with van der Waals surface area (Å²) in [7, 11) is 0. The van der Waals surface area contributed by atoms with Gasteiger partial charge >= 0.3 is 0 Å². The van der Waals surface area contributed by atoms with Gasteiger partial charge < -0.3 is 5.73 Å². The summed E-state index contributed by atoms with van der Waals surface area (Å²) in [6.07, 6.45) is 2.98. The molecule has 0 atom stereocenters. The largest absolute Gasteiger partial charge is 0.398 e. The van der Waals surface area contributed by atoms with Gasteiger partial charge in [-0.2, -0.15) is 0 Å². The Morgan fingerprint density at radius 1 is 1.67 bits per heavy atom. The van der Waals surface area contributed by atoms with Crippen LogP contribution >= 0.6 is 0 Å². The van der Waals surface area contributed by atoms with Gasteiger partial charge in [0.2, 0.25) is 0 Å². The van der Waals surface area contributed by atoms with Gasteiger partial charge in [0.05, 0.1) is 0 Å². The van der Waals surface area contributed by atoms with Gasteiger partial charge in [0.15, 0.2) is 6.29 Å². The molecule has 0 aliphatic heterocycles. The van der Waals surface area contributed by atoms with Crippen molar-refractivity contribution in [3.05, 3.63) is 18.0 Å². The summed E-state index contributed by atoms with van der Waals surface area (Å²) in [6.45, 7) is 0. The molecular formula is C4H5NO. The third kappa shape index (κ3) is 2.99. The van der Waals surface area contributed by atoms with Crippen molar-refractivity contribution in [3.63, 3.8) is 0 Å². The van der Waals surface area contributed by atoms with Crippen molar-refractivity contribution in [3.8, 4) is 0 Å². The average Bonchev–Trinajstić information content (AvgIpc) is 1.61. The molecular weight excluding hydrogens is 78.0 g/mol. The number of hydrogen-bond donors (Lipinski definition) is 1. The smallest absolute Gasteiger partial charge is 0.150 e. The zero-order valence-corrected chi connectivity index (χ0v) is 3.22. The van der Waals surface area contributed by atoms with Crippen LogP contribution in [0.25, 0.3) is 0 Å². The minimum Gasteiger partial charge on any atom is -0.398 e. The summed E-state index contributed by atoms with van der Waals surface area (Å²) < 4.78 is 0. The monoisotopic (exact) mass is 83.0 g/mol. The molecule has 0 heterocycles. The molecule has 6 heavy (non-hydrogen) atoms. The summed E-state index contributed by atoms with van der Waals surface area (Å²) in [5.74, 6) is 0. The van der Waals surface area contributed by atoms with E-state index in [0.29, 0.717) is 6.29 Å². The maximum absolute atomic E-state index is 9.37. The summed E-state index contributed by atoms with van der Waals surface area (Å²) >= 11 is 0. The highest BCUT2D eigenvalue weighted by atomic mass is 16.1. The van der Waals surface area contributed by atoms with Crippen LogP contribution in [0, 0.1) is 0 Å². The minimum absolute atomic E-state index is 0.614. The van der Waals surface area contributed by atoms with E-state index in [1.165, 1.54) is 12.3 Å². The Morgan fingerprint density at radius 2 is 2.33 bits per heavy atom. The molecule has 0 radical (unpaired) electrons. The van der Waals surface area contributed by atoms with Crippen LogP contribution in [0.1, 0.15) is 0 Å². The zero-order valence-electron chi connectivity index (χ0n) is 3.22. The van der Waals surface area contributed by atoms with E-state index in [1.807, 2.05) is 0 Å². The average molecular weight is 83.1 g/mol. The minimum atomic E-state index is 0.614. The molecule has 0 fully saturated rings. The standard InChI is InChI=1S/C4H5NO/c5-3-1-2-4-6/h2-4H,5H2. The van der Waals surface area contributed by atoms with Crippen LogP contribution in [-0.4, -0.2) is 6.29 Å². The van der Waals surface area contributed by atoms with E-state index < -0.39 is 0 Å². The van der Waals surface area contributed by atoms with Crippen LogP contribution in [-0.2, 0) is 4.79 Å². The Labute approximate surface area is 36.0 Å². The first-order valence-electron chi connectivity index (χ1n) is 1.48. The van der Waals surface area contributed by atoms with Crippen LogP contribution in [0.4, 0.5) is 0 Å². The molecule has 0 rings (SSSR count). The number of allylic oxidation sites excluding steroid dienone is 1. The Kier molecular flexibility index (Phi) is 3.32. The maximum Gasteiger partial charge on any atom is 0.150 e. The van der Waals surface area contributed by atoms with E-state index in [2.05, 4.69) is 5.73 Å². The van der Waals surface area contributed by atoms with Gasteiger partial charge in [-0.1, -0.05) is 0 Å². The van der Waals surface area contributed by atoms with E-state index >= 15 is 0 Å². The molecule has 0 aliphatic carbocycles. The second-order valence-electron chi connectivity index (χ2n) is 0.636. The highest BCUT2D eigenvalue weighted by Gasteiger charge is 1.48. The van der Waals surface area contributed by atoms with Crippen molar-refractivity contribution in [2.45, 2.75) is 0 Å². The first-order chi connectivity index (χ1) is 2.91. The van der Waals surface area contributed by atoms with Crippen LogP contribution < -0.4 is 5.73 Å². The second-order valence-corrected chi connectivity index (χ2v) is 0.636. The van der Waals surface area contributed by atoms with Crippen molar-refractivity contribution in [1.82, 2.24) is 0 Å². The lowest BCUT2D eigenvalue weighted by molar-refractivity contribution is -0.104. The van der Waals surface area contributed by atoms with Gasteiger partial charge in [-0.3, -0.25) is 4.79 Å². The molecule has 0 amide bonds. The molecule has 2 heteroatoms. The number of carbonyl (C=O) groups is 1. The molecule has 0 bridgehead atoms. The fourth-order valence-corrected chi connectivity index (χ4v) is 0.0948. The Bertz CT molecular complexity index is 89.7. The lowest BCUT2D eigenvalue weighted by Gasteiger charge is -1.52. The number of aldehydes is 1. The molecule has 0 unspecified atom stereocenters. The normalized spacial score (nSPS) is 5.33. The quantitative estimate of drug-likeness (QED) is 0.271. The van der Waals surface area contributed by atoms with Gasteiger partial charge in [-0.05, 0) is 0 Å². The fourth-order valence-electron chi connectivity index (χ4n) is 0.0948. The van der Waals surface area contributed by atoms with E-state index in [9.17, 15) is 4.79 Å². The molecule has 2 nitrogen and oxygen atoms in total. The van der Waals surface area contributed by atoms with E-state index in [1.54, 1.807) is 0 Å². The number of carbonyl (C=O) groups excluding carboxylic acids is 1. The van der Waals surface area contributed by atoms with Gasteiger partial charge in [0, 0.05) is 12.3 Å². The summed E-state index contributed by atoms with van der Waals surface area (Å²) in [5.41, 5.74) is 7.15. The van der Waals surface area contributed by atoms with E-state index in [-0.39, 0.29) is 0 Å². The van der Waals surface area contributed by atoms with Crippen molar-refractivity contribution < 1.29 is 4.79 Å². The lowest BCUT2D eigenvalue weighted by Crippen LogP contribution is -1.70. The van der Waals surface area contributed by atoms with Gasteiger partial charge in [-0.15, -0.1) is 5.73 Å². The topological polar surface area (TPSA) is 43.1 Å². The van der Waals surface area contributed by atoms with Crippen molar-refractivity contribution in [2.24, 2.45) is 5.73 Å². The molecule has 0 aromatic carbocycles. The number of rotatable bonds is 1. The summed E-state index contributed by atoms with van der Waals surface area (Å²) in [6, 6.07) is 0.